The molecule has 0 saturated heterocycles. The van der Waals surface area contributed by atoms with E-state index in [4.69, 9.17) is 16.9 Å². The summed E-state index contributed by atoms with van der Waals surface area (Å²) in [5, 5.41) is 9.90. The average Bonchev–Trinajstić information content (AvgIpc) is 2.65. The predicted octanol–water partition coefficient (Wildman–Crippen LogP) is 6.23. The van der Waals surface area contributed by atoms with Crippen LogP contribution in [0.3, 0.4) is 0 Å². The zero-order chi connectivity index (χ0) is 16.8. The molecule has 0 aromatic heterocycles. The van der Waals surface area contributed by atoms with E-state index < -0.39 is 0 Å². The Balaban J connectivity index is 1.82. The van der Waals surface area contributed by atoms with Gasteiger partial charge in [-0.25, -0.2) is 0 Å². The summed E-state index contributed by atoms with van der Waals surface area (Å²) >= 11 is 7.90. The smallest absolute Gasteiger partial charge is 0.0991 e. The van der Waals surface area contributed by atoms with Gasteiger partial charge < -0.3 is 0 Å². The fourth-order valence-corrected chi connectivity index (χ4v) is 3.88. The van der Waals surface area contributed by atoms with Crippen LogP contribution in [0.4, 0.5) is 0 Å². The zero-order valence-corrected chi connectivity index (χ0v) is 14.6. The highest BCUT2D eigenvalue weighted by Gasteiger charge is 2.14. The molecule has 0 spiro atoms. The first-order valence-corrected chi connectivity index (χ1v) is 9.10. The Hall–Kier alpha value is -2.21. The van der Waals surface area contributed by atoms with Crippen LogP contribution >= 0.6 is 23.4 Å². The van der Waals surface area contributed by atoms with E-state index >= 15 is 0 Å². The molecule has 24 heavy (non-hydrogen) atoms. The molecular formula is C21H16ClNS. The fourth-order valence-electron chi connectivity index (χ4n) is 2.51. The van der Waals surface area contributed by atoms with Crippen molar-refractivity contribution >= 4 is 23.4 Å². The Kier molecular flexibility index (Phi) is 5.59. The quantitative estimate of drug-likeness (QED) is 0.544. The van der Waals surface area contributed by atoms with E-state index in [0.717, 1.165) is 10.8 Å². The van der Waals surface area contributed by atoms with Crippen LogP contribution in [0.25, 0.3) is 0 Å². The second-order valence-corrected chi connectivity index (χ2v) is 6.99. The van der Waals surface area contributed by atoms with Crippen molar-refractivity contribution in [1.82, 2.24) is 0 Å². The van der Waals surface area contributed by atoms with Crippen molar-refractivity contribution in [3.8, 4) is 6.07 Å². The molecule has 0 fully saturated rings. The number of nitrogens with zero attached hydrogens (tertiary/aromatic N) is 1. The summed E-state index contributed by atoms with van der Waals surface area (Å²) in [5.41, 5.74) is 4.43. The SMILES string of the molecule is N#Cc1ccc(CSC(c2ccccc2)c2ccc(Cl)cc2)cc1. The molecule has 1 unspecified atom stereocenters. The molecule has 1 nitrogen and oxygen atoms in total. The van der Waals surface area contributed by atoms with Gasteiger partial charge in [-0.05, 0) is 41.0 Å². The van der Waals surface area contributed by atoms with Gasteiger partial charge in [-0.2, -0.15) is 5.26 Å². The average molecular weight is 350 g/mol. The van der Waals surface area contributed by atoms with Gasteiger partial charge in [-0.15, -0.1) is 11.8 Å². The Morgan fingerprint density at radius 3 is 2.08 bits per heavy atom. The lowest BCUT2D eigenvalue weighted by Crippen LogP contribution is -1.97. The minimum atomic E-state index is 0.249. The second-order valence-electron chi connectivity index (χ2n) is 5.46. The second kappa shape index (κ2) is 8.06. The molecule has 0 aliphatic heterocycles. The lowest BCUT2D eigenvalue weighted by molar-refractivity contribution is 1.15. The Morgan fingerprint density at radius 1 is 0.833 bits per heavy atom. The molecule has 0 N–H and O–H groups in total. The predicted molar refractivity (Wildman–Crippen MR) is 102 cm³/mol. The van der Waals surface area contributed by atoms with Crippen LogP contribution in [0.15, 0.2) is 78.9 Å². The largest absolute Gasteiger partial charge is 0.192 e. The molecule has 0 heterocycles. The topological polar surface area (TPSA) is 23.8 Å². The number of rotatable bonds is 5. The van der Waals surface area contributed by atoms with Crippen LogP contribution in [0.1, 0.15) is 27.5 Å². The van der Waals surface area contributed by atoms with E-state index in [1.807, 2.05) is 54.2 Å². The lowest BCUT2D eigenvalue weighted by atomic mass is 10.0. The normalized spacial score (nSPS) is 11.7. The number of thioether (sulfide) groups is 1. The minimum Gasteiger partial charge on any atom is -0.192 e. The first kappa shape index (κ1) is 16.6. The highest BCUT2D eigenvalue weighted by Crippen LogP contribution is 2.37. The van der Waals surface area contributed by atoms with Crippen molar-refractivity contribution in [2.45, 2.75) is 11.0 Å². The molecule has 3 heteroatoms. The molecule has 0 aliphatic carbocycles. The molecule has 0 radical (unpaired) electrons. The fraction of sp³-hybridized carbons (Fsp3) is 0.0952. The molecule has 0 saturated carbocycles. The van der Waals surface area contributed by atoms with Crippen LogP contribution in [-0.2, 0) is 5.75 Å². The summed E-state index contributed by atoms with van der Waals surface area (Å²) in [4.78, 5) is 0. The van der Waals surface area contributed by atoms with Crippen molar-refractivity contribution in [3.63, 3.8) is 0 Å². The maximum atomic E-state index is 8.90. The van der Waals surface area contributed by atoms with Crippen molar-refractivity contribution in [2.75, 3.05) is 0 Å². The van der Waals surface area contributed by atoms with E-state index in [1.165, 1.54) is 16.7 Å². The van der Waals surface area contributed by atoms with Gasteiger partial charge in [0.1, 0.15) is 0 Å². The lowest BCUT2D eigenvalue weighted by Gasteiger charge is -2.18. The van der Waals surface area contributed by atoms with Crippen molar-refractivity contribution in [3.05, 3.63) is 106 Å². The third-order valence-electron chi connectivity index (χ3n) is 3.77. The summed E-state index contributed by atoms with van der Waals surface area (Å²) in [6, 6.07) is 28.5. The van der Waals surface area contributed by atoms with Crippen molar-refractivity contribution < 1.29 is 0 Å². The van der Waals surface area contributed by atoms with Gasteiger partial charge in [0.05, 0.1) is 16.9 Å². The first-order valence-electron chi connectivity index (χ1n) is 7.67. The highest BCUT2D eigenvalue weighted by molar-refractivity contribution is 7.98. The number of benzene rings is 3. The maximum Gasteiger partial charge on any atom is 0.0991 e. The van der Waals surface area contributed by atoms with Gasteiger partial charge in [0, 0.05) is 10.8 Å². The number of halogens is 1. The third-order valence-corrected chi connectivity index (χ3v) is 5.40. The number of hydrogen-bond acceptors (Lipinski definition) is 2. The summed E-state index contributed by atoms with van der Waals surface area (Å²) in [6.07, 6.45) is 0. The molecule has 118 valence electrons. The van der Waals surface area contributed by atoms with Gasteiger partial charge in [0.2, 0.25) is 0 Å². The van der Waals surface area contributed by atoms with E-state index in [2.05, 4.69) is 42.5 Å². The van der Waals surface area contributed by atoms with Gasteiger partial charge in [0.25, 0.3) is 0 Å². The van der Waals surface area contributed by atoms with Crippen molar-refractivity contribution in [2.24, 2.45) is 0 Å². The van der Waals surface area contributed by atoms with Gasteiger partial charge in [-0.1, -0.05) is 66.2 Å². The van der Waals surface area contributed by atoms with Crippen LogP contribution < -0.4 is 0 Å². The standard InChI is InChI=1S/C21H16ClNS/c22-20-12-10-19(11-13-20)21(18-4-2-1-3-5-18)24-15-17-8-6-16(14-23)7-9-17/h1-13,21H,15H2. The molecule has 0 aliphatic rings. The molecule has 0 bridgehead atoms. The molecule has 0 amide bonds. The molecule has 1 atom stereocenters. The monoisotopic (exact) mass is 349 g/mol. The van der Waals surface area contributed by atoms with Crippen LogP contribution in [-0.4, -0.2) is 0 Å². The van der Waals surface area contributed by atoms with E-state index in [1.54, 1.807) is 0 Å². The maximum absolute atomic E-state index is 8.90. The van der Waals surface area contributed by atoms with Crippen LogP contribution in [0.5, 0.6) is 0 Å². The molecule has 3 rings (SSSR count). The van der Waals surface area contributed by atoms with Gasteiger partial charge in [-0.3, -0.25) is 0 Å². The van der Waals surface area contributed by atoms with Crippen molar-refractivity contribution in [1.29, 1.82) is 5.26 Å². The van der Waals surface area contributed by atoms with Gasteiger partial charge in [0.15, 0.2) is 0 Å². The van der Waals surface area contributed by atoms with Crippen LogP contribution in [0.2, 0.25) is 5.02 Å². The summed E-state index contributed by atoms with van der Waals surface area (Å²) in [6.45, 7) is 0. The summed E-state index contributed by atoms with van der Waals surface area (Å²) in [7, 11) is 0. The minimum absolute atomic E-state index is 0.249. The molecular weight excluding hydrogens is 334 g/mol. The Labute approximate surface area is 151 Å². The Bertz CT molecular complexity index is 820. The first-order chi connectivity index (χ1) is 11.8. The molecule has 3 aromatic rings. The van der Waals surface area contributed by atoms with E-state index in [-0.39, 0.29) is 5.25 Å². The highest BCUT2D eigenvalue weighted by atomic mass is 35.5. The molecule has 3 aromatic carbocycles. The number of hydrogen-bond donors (Lipinski definition) is 0. The van der Waals surface area contributed by atoms with Crippen LogP contribution in [0, 0.1) is 11.3 Å². The summed E-state index contributed by atoms with van der Waals surface area (Å²) in [5.74, 6) is 0.883. The third kappa shape index (κ3) is 4.20. The Morgan fingerprint density at radius 2 is 1.46 bits per heavy atom. The number of nitriles is 1. The van der Waals surface area contributed by atoms with Gasteiger partial charge >= 0.3 is 0 Å². The summed E-state index contributed by atoms with van der Waals surface area (Å²) < 4.78 is 0. The van der Waals surface area contributed by atoms with E-state index in [9.17, 15) is 0 Å². The zero-order valence-electron chi connectivity index (χ0n) is 13.0. The van der Waals surface area contributed by atoms with E-state index in [0.29, 0.717) is 5.56 Å².